The molecule has 2 aliphatic rings. The van der Waals surface area contributed by atoms with Crippen LogP contribution >= 0.6 is 11.3 Å². The van der Waals surface area contributed by atoms with E-state index in [1.165, 1.54) is 28.4 Å². The fourth-order valence-electron chi connectivity index (χ4n) is 4.25. The molecule has 6 nitrogen and oxygen atoms in total. The number of fused-ring (bicyclic) bond motifs is 5. The second-order valence-electron chi connectivity index (χ2n) is 6.82. The third kappa shape index (κ3) is 1.92. The summed E-state index contributed by atoms with van der Waals surface area (Å²) in [6.07, 6.45) is 0. The van der Waals surface area contributed by atoms with Gasteiger partial charge in [-0.25, -0.2) is 9.24 Å². The fourth-order valence-corrected chi connectivity index (χ4v) is 5.25. The van der Waals surface area contributed by atoms with E-state index in [1.807, 2.05) is 16.7 Å². The van der Waals surface area contributed by atoms with Crippen molar-refractivity contribution in [3.8, 4) is 0 Å². The molecule has 0 aliphatic carbocycles. The largest absolute Gasteiger partial charge is 0.341 e. The molecule has 2 aromatic heterocycles. The topological polar surface area (TPSA) is 65.5 Å². The molecule has 1 amide bonds. The summed E-state index contributed by atoms with van der Waals surface area (Å²) < 4.78 is 15.7. The van der Waals surface area contributed by atoms with Gasteiger partial charge in [-0.3, -0.25) is 15.1 Å². The third-order valence-electron chi connectivity index (χ3n) is 5.53. The number of hydrogen-bond acceptors (Lipinski definition) is 3. The van der Waals surface area contributed by atoms with Crippen LogP contribution in [-0.2, 0) is 16.9 Å². The fraction of sp³-hybridized carbons (Fsp3) is 0.211. The van der Waals surface area contributed by atoms with Gasteiger partial charge in [-0.15, -0.1) is 0 Å². The Kier molecular flexibility index (Phi) is 3.07. The highest BCUT2D eigenvalue weighted by Gasteiger charge is 2.57. The smallest absolute Gasteiger partial charge is 0.241 e. The molecule has 0 spiro atoms. The van der Waals surface area contributed by atoms with Crippen LogP contribution in [0.15, 0.2) is 36.4 Å². The van der Waals surface area contributed by atoms with E-state index < -0.39 is 11.5 Å². The van der Waals surface area contributed by atoms with Crippen molar-refractivity contribution in [1.29, 1.82) is 5.41 Å². The summed E-state index contributed by atoms with van der Waals surface area (Å²) in [5.41, 5.74) is 0.743. The first kappa shape index (κ1) is 16.0. The first-order valence-corrected chi connectivity index (χ1v) is 9.18. The summed E-state index contributed by atoms with van der Waals surface area (Å²) in [6.45, 7) is 7.71. The van der Waals surface area contributed by atoms with Gasteiger partial charge in [0.15, 0.2) is 5.96 Å². The summed E-state index contributed by atoms with van der Waals surface area (Å²) >= 11 is 1.32. The summed E-state index contributed by atoms with van der Waals surface area (Å²) in [4.78, 5) is 18.7. The van der Waals surface area contributed by atoms with Crippen molar-refractivity contribution in [2.24, 2.45) is 5.92 Å². The quantitative estimate of drug-likeness (QED) is 0.638. The molecule has 3 aromatic rings. The number of thiophene rings is 1. The molecule has 2 N–H and O–H groups in total. The molecule has 2 aliphatic heterocycles. The van der Waals surface area contributed by atoms with E-state index >= 15 is 0 Å². The zero-order chi connectivity index (χ0) is 18.9. The standard InChI is InChI=1S/C19H14FN5OS/c1-22-16-6-5-15(27-16)19-12(17(26)24(2)18(21)23-19)9-25-13-4-3-11(20)7-10(13)8-14(19)25/h3-8,12H,9H2,2H3,(H2,21,23). The van der Waals surface area contributed by atoms with Crippen molar-refractivity contribution in [2.45, 2.75) is 12.1 Å². The minimum absolute atomic E-state index is 0.0129. The molecule has 2 atom stereocenters. The lowest BCUT2D eigenvalue weighted by atomic mass is 9.79. The Morgan fingerprint density at radius 2 is 2.19 bits per heavy atom. The lowest BCUT2D eigenvalue weighted by Crippen LogP contribution is -2.63. The van der Waals surface area contributed by atoms with Crippen molar-refractivity contribution in [3.63, 3.8) is 0 Å². The van der Waals surface area contributed by atoms with E-state index in [0.29, 0.717) is 11.5 Å². The first-order chi connectivity index (χ1) is 13.0. The van der Waals surface area contributed by atoms with Crippen LogP contribution in [0.3, 0.4) is 0 Å². The molecule has 1 saturated heterocycles. The lowest BCUT2D eigenvalue weighted by Gasteiger charge is -2.43. The summed E-state index contributed by atoms with van der Waals surface area (Å²) in [5, 5.41) is 12.8. The number of aromatic nitrogens is 1. The maximum Gasteiger partial charge on any atom is 0.241 e. The minimum Gasteiger partial charge on any atom is -0.341 e. The zero-order valence-electron chi connectivity index (χ0n) is 14.3. The van der Waals surface area contributed by atoms with E-state index in [4.69, 9.17) is 12.0 Å². The highest BCUT2D eigenvalue weighted by atomic mass is 32.1. The van der Waals surface area contributed by atoms with Gasteiger partial charge in [0, 0.05) is 29.4 Å². The number of halogens is 1. The van der Waals surface area contributed by atoms with E-state index in [9.17, 15) is 9.18 Å². The molecule has 2 unspecified atom stereocenters. The molecular weight excluding hydrogens is 365 g/mol. The normalized spacial score (nSPS) is 23.9. The molecule has 134 valence electrons. The van der Waals surface area contributed by atoms with Gasteiger partial charge < -0.3 is 9.88 Å². The lowest BCUT2D eigenvalue weighted by molar-refractivity contribution is -0.134. The van der Waals surface area contributed by atoms with Crippen LogP contribution in [0.2, 0.25) is 0 Å². The molecule has 8 heteroatoms. The Hall–Kier alpha value is -3.18. The number of benzene rings is 1. The van der Waals surface area contributed by atoms with Gasteiger partial charge in [0.1, 0.15) is 11.4 Å². The average Bonchev–Trinajstić information content (AvgIpc) is 3.33. The SMILES string of the molecule is [C-]#[N+]c1ccc(C23NC(=N)N(C)C(=O)C2Cn2c3cc3cc(F)ccc32)s1. The molecule has 1 fully saturated rings. The van der Waals surface area contributed by atoms with Crippen molar-refractivity contribution in [2.75, 3.05) is 7.05 Å². The molecule has 4 heterocycles. The van der Waals surface area contributed by atoms with Crippen molar-refractivity contribution < 1.29 is 9.18 Å². The summed E-state index contributed by atoms with van der Waals surface area (Å²) in [5.74, 6) is -0.892. The number of hydrogen-bond donors (Lipinski definition) is 2. The number of nitrogens with one attached hydrogen (secondary N) is 2. The van der Waals surface area contributed by atoms with Crippen LogP contribution in [0.1, 0.15) is 10.6 Å². The van der Waals surface area contributed by atoms with Crippen LogP contribution in [0.5, 0.6) is 0 Å². The maximum atomic E-state index is 13.7. The number of nitrogens with zero attached hydrogens (tertiary/aromatic N) is 3. The van der Waals surface area contributed by atoms with E-state index in [0.717, 1.165) is 21.5 Å². The molecule has 1 aromatic carbocycles. The van der Waals surface area contributed by atoms with Gasteiger partial charge in [-0.2, -0.15) is 11.3 Å². The van der Waals surface area contributed by atoms with E-state index in [1.54, 1.807) is 19.2 Å². The Bertz CT molecular complexity index is 1190. The Labute approximate surface area is 158 Å². The molecule has 5 rings (SSSR count). The molecule has 0 radical (unpaired) electrons. The van der Waals surface area contributed by atoms with Gasteiger partial charge in [-0.05, 0) is 30.3 Å². The molecular formula is C19H14FN5OS. The number of carbonyl (C=O) groups is 1. The van der Waals surface area contributed by atoms with Crippen molar-refractivity contribution in [1.82, 2.24) is 14.8 Å². The second kappa shape index (κ2) is 5.18. The van der Waals surface area contributed by atoms with Crippen LogP contribution in [0, 0.1) is 23.7 Å². The Morgan fingerprint density at radius 3 is 2.93 bits per heavy atom. The molecule has 27 heavy (non-hydrogen) atoms. The second-order valence-corrected chi connectivity index (χ2v) is 7.89. The van der Waals surface area contributed by atoms with Gasteiger partial charge in [-0.1, -0.05) is 6.07 Å². The van der Waals surface area contributed by atoms with E-state index in [-0.39, 0.29) is 17.7 Å². The Morgan fingerprint density at radius 1 is 1.37 bits per heavy atom. The zero-order valence-corrected chi connectivity index (χ0v) is 15.1. The summed E-state index contributed by atoms with van der Waals surface area (Å²) in [7, 11) is 1.59. The van der Waals surface area contributed by atoms with Gasteiger partial charge in [0.25, 0.3) is 0 Å². The number of amides is 1. The van der Waals surface area contributed by atoms with Gasteiger partial charge >= 0.3 is 0 Å². The predicted molar refractivity (Wildman–Crippen MR) is 100 cm³/mol. The third-order valence-corrected chi connectivity index (χ3v) is 6.64. The van der Waals surface area contributed by atoms with E-state index in [2.05, 4.69) is 10.2 Å². The molecule has 0 bridgehead atoms. The van der Waals surface area contributed by atoms with Crippen LogP contribution in [0.4, 0.5) is 9.39 Å². The molecule has 0 saturated carbocycles. The first-order valence-electron chi connectivity index (χ1n) is 8.37. The Balaban J connectivity index is 1.82. The predicted octanol–water partition coefficient (Wildman–Crippen LogP) is 3.26. The maximum absolute atomic E-state index is 13.7. The summed E-state index contributed by atoms with van der Waals surface area (Å²) in [6, 6.07) is 10.1. The van der Waals surface area contributed by atoms with Crippen molar-refractivity contribution >= 4 is 39.1 Å². The minimum atomic E-state index is -0.927. The van der Waals surface area contributed by atoms with Crippen LogP contribution in [-0.4, -0.2) is 28.4 Å². The van der Waals surface area contributed by atoms with Gasteiger partial charge in [0.2, 0.25) is 10.9 Å². The number of guanidine groups is 1. The van der Waals surface area contributed by atoms with Crippen LogP contribution in [0.25, 0.3) is 15.7 Å². The highest BCUT2D eigenvalue weighted by Crippen LogP contribution is 2.50. The van der Waals surface area contributed by atoms with Crippen LogP contribution < -0.4 is 5.32 Å². The number of carbonyl (C=O) groups excluding carboxylic acids is 1. The van der Waals surface area contributed by atoms with Crippen molar-refractivity contribution in [3.05, 3.63) is 64.2 Å². The average molecular weight is 379 g/mol. The van der Waals surface area contributed by atoms with Gasteiger partial charge in [0.05, 0.1) is 18.2 Å². The number of rotatable bonds is 1. The highest BCUT2D eigenvalue weighted by molar-refractivity contribution is 7.16. The monoisotopic (exact) mass is 379 g/mol.